The summed E-state index contributed by atoms with van der Waals surface area (Å²) in [6, 6.07) is 5.28. The van der Waals surface area contributed by atoms with E-state index in [2.05, 4.69) is 10.6 Å². The van der Waals surface area contributed by atoms with Gasteiger partial charge in [-0.25, -0.2) is 0 Å². The van der Waals surface area contributed by atoms with Crippen molar-refractivity contribution in [1.29, 1.82) is 0 Å². The van der Waals surface area contributed by atoms with Crippen LogP contribution in [0.25, 0.3) is 0 Å². The van der Waals surface area contributed by atoms with Gasteiger partial charge < -0.3 is 15.4 Å². The van der Waals surface area contributed by atoms with E-state index < -0.39 is 0 Å². The maximum absolute atomic E-state index is 11.2. The van der Waals surface area contributed by atoms with Crippen LogP contribution in [0.4, 0.5) is 5.69 Å². The molecular weight excluding hydrogens is 228 g/mol. The number of halogens is 1. The lowest BCUT2D eigenvalue weighted by molar-refractivity contribution is -0.119. The summed E-state index contributed by atoms with van der Waals surface area (Å²) in [6.07, 6.45) is 0. The summed E-state index contributed by atoms with van der Waals surface area (Å²) in [4.78, 5) is 11.2. The first-order chi connectivity index (χ1) is 7.67. The van der Waals surface area contributed by atoms with Crippen molar-refractivity contribution in [2.24, 2.45) is 0 Å². The van der Waals surface area contributed by atoms with Crippen LogP contribution in [-0.2, 0) is 4.79 Å². The number of amides is 1. The Balaban J connectivity index is 2.55. The van der Waals surface area contributed by atoms with Crippen LogP contribution in [0, 0.1) is 0 Å². The van der Waals surface area contributed by atoms with Crippen LogP contribution in [-0.4, -0.2) is 26.1 Å². The van der Waals surface area contributed by atoms with E-state index in [0.29, 0.717) is 17.3 Å². The lowest BCUT2D eigenvalue weighted by Crippen LogP contribution is -2.29. The van der Waals surface area contributed by atoms with Gasteiger partial charge in [0.05, 0.1) is 18.7 Å². The normalized spacial score (nSPS) is 9.69. The van der Waals surface area contributed by atoms with Gasteiger partial charge in [0.2, 0.25) is 5.91 Å². The Labute approximate surface area is 99.9 Å². The molecule has 0 aliphatic rings. The van der Waals surface area contributed by atoms with Crippen LogP contribution in [0.5, 0.6) is 5.75 Å². The second-order valence-electron chi connectivity index (χ2n) is 3.16. The molecule has 0 radical (unpaired) electrons. The fraction of sp³-hybridized carbons (Fsp3) is 0.364. The van der Waals surface area contributed by atoms with Crippen molar-refractivity contribution in [3.05, 3.63) is 23.2 Å². The molecule has 16 heavy (non-hydrogen) atoms. The van der Waals surface area contributed by atoms with Gasteiger partial charge in [-0.05, 0) is 25.1 Å². The molecule has 1 amide bonds. The summed E-state index contributed by atoms with van der Waals surface area (Å²) in [5, 5.41) is 6.18. The number of nitrogens with one attached hydrogen (secondary N) is 2. The summed E-state index contributed by atoms with van der Waals surface area (Å²) >= 11 is 5.94. The van der Waals surface area contributed by atoms with Crippen LogP contribution in [0.3, 0.4) is 0 Å². The van der Waals surface area contributed by atoms with E-state index in [4.69, 9.17) is 16.3 Å². The minimum Gasteiger partial charge on any atom is -0.495 e. The summed E-state index contributed by atoms with van der Waals surface area (Å²) in [7, 11) is 1.56. The standard InChI is InChI=1S/C11H15ClN2O2/c1-3-13-11(15)7-14-8-4-5-10(16-2)9(12)6-8/h4-6,14H,3,7H2,1-2H3,(H,13,15). The van der Waals surface area contributed by atoms with E-state index in [9.17, 15) is 4.79 Å². The SMILES string of the molecule is CCNC(=O)CNc1ccc(OC)c(Cl)c1. The third kappa shape index (κ3) is 3.62. The molecule has 0 bridgehead atoms. The average Bonchev–Trinajstić information content (AvgIpc) is 2.27. The zero-order chi connectivity index (χ0) is 12.0. The number of rotatable bonds is 5. The van der Waals surface area contributed by atoms with Gasteiger partial charge in [0.1, 0.15) is 5.75 Å². The third-order valence-electron chi connectivity index (χ3n) is 1.98. The molecule has 0 fully saturated rings. The molecule has 0 saturated carbocycles. The van der Waals surface area contributed by atoms with Crippen molar-refractivity contribution in [3.8, 4) is 5.75 Å². The summed E-state index contributed by atoms with van der Waals surface area (Å²) in [6.45, 7) is 2.74. The van der Waals surface area contributed by atoms with Gasteiger partial charge in [-0.2, -0.15) is 0 Å². The van der Waals surface area contributed by atoms with Gasteiger partial charge in [-0.3, -0.25) is 4.79 Å². The molecule has 0 heterocycles. The Morgan fingerprint density at radius 1 is 1.50 bits per heavy atom. The maximum Gasteiger partial charge on any atom is 0.239 e. The number of anilines is 1. The van der Waals surface area contributed by atoms with Gasteiger partial charge in [-0.1, -0.05) is 11.6 Å². The average molecular weight is 243 g/mol. The van der Waals surface area contributed by atoms with Crippen molar-refractivity contribution >= 4 is 23.2 Å². The first-order valence-electron chi connectivity index (χ1n) is 5.01. The van der Waals surface area contributed by atoms with Gasteiger partial charge in [0, 0.05) is 12.2 Å². The van der Waals surface area contributed by atoms with E-state index in [-0.39, 0.29) is 12.5 Å². The largest absolute Gasteiger partial charge is 0.495 e. The van der Waals surface area contributed by atoms with E-state index in [0.717, 1.165) is 5.69 Å². The van der Waals surface area contributed by atoms with Crippen LogP contribution in [0.15, 0.2) is 18.2 Å². The molecule has 4 nitrogen and oxygen atoms in total. The van der Waals surface area contributed by atoms with Crippen molar-refractivity contribution in [3.63, 3.8) is 0 Å². The molecule has 0 aliphatic heterocycles. The Kier molecular flexibility index (Phi) is 4.92. The predicted molar refractivity (Wildman–Crippen MR) is 65.2 cm³/mol. The van der Waals surface area contributed by atoms with Crippen molar-refractivity contribution < 1.29 is 9.53 Å². The molecule has 0 aromatic heterocycles. The van der Waals surface area contributed by atoms with E-state index >= 15 is 0 Å². The highest BCUT2D eigenvalue weighted by molar-refractivity contribution is 6.32. The maximum atomic E-state index is 11.2. The van der Waals surface area contributed by atoms with Crippen LogP contribution < -0.4 is 15.4 Å². The van der Waals surface area contributed by atoms with Gasteiger partial charge in [0.15, 0.2) is 0 Å². The highest BCUT2D eigenvalue weighted by atomic mass is 35.5. The van der Waals surface area contributed by atoms with Crippen LogP contribution in [0.1, 0.15) is 6.92 Å². The number of methoxy groups -OCH3 is 1. The zero-order valence-corrected chi connectivity index (χ0v) is 10.1. The monoisotopic (exact) mass is 242 g/mol. The van der Waals surface area contributed by atoms with Crippen LogP contribution in [0.2, 0.25) is 5.02 Å². The molecule has 0 aliphatic carbocycles. The van der Waals surface area contributed by atoms with Crippen LogP contribution >= 0.6 is 11.6 Å². The molecule has 0 unspecified atom stereocenters. The molecule has 1 aromatic carbocycles. The fourth-order valence-electron chi connectivity index (χ4n) is 1.22. The zero-order valence-electron chi connectivity index (χ0n) is 9.34. The number of carbonyl (C=O) groups is 1. The fourth-order valence-corrected chi connectivity index (χ4v) is 1.48. The predicted octanol–water partition coefficient (Wildman–Crippen LogP) is 1.90. The summed E-state index contributed by atoms with van der Waals surface area (Å²) in [5.74, 6) is 0.569. The van der Waals surface area contributed by atoms with Gasteiger partial charge in [-0.15, -0.1) is 0 Å². The molecule has 5 heteroatoms. The van der Waals surface area contributed by atoms with E-state index in [1.807, 2.05) is 13.0 Å². The quantitative estimate of drug-likeness (QED) is 0.829. The molecule has 2 N–H and O–H groups in total. The highest BCUT2D eigenvalue weighted by Crippen LogP contribution is 2.26. The first kappa shape index (κ1) is 12.6. The number of hydrogen-bond donors (Lipinski definition) is 2. The number of likely N-dealkylation sites (N-methyl/N-ethyl adjacent to an activating group) is 1. The van der Waals surface area contributed by atoms with E-state index in [1.54, 1.807) is 19.2 Å². The summed E-state index contributed by atoms with van der Waals surface area (Å²) in [5.41, 5.74) is 0.789. The number of ether oxygens (including phenoxy) is 1. The Morgan fingerprint density at radius 3 is 2.81 bits per heavy atom. The second-order valence-corrected chi connectivity index (χ2v) is 3.56. The topological polar surface area (TPSA) is 50.4 Å². The number of hydrogen-bond acceptors (Lipinski definition) is 3. The van der Waals surface area contributed by atoms with Gasteiger partial charge in [0.25, 0.3) is 0 Å². The molecule has 88 valence electrons. The minimum atomic E-state index is -0.0468. The Bertz CT molecular complexity index is 369. The Hall–Kier alpha value is -1.42. The smallest absolute Gasteiger partial charge is 0.239 e. The molecular formula is C11H15ClN2O2. The minimum absolute atomic E-state index is 0.0468. The molecule has 1 aromatic rings. The van der Waals surface area contributed by atoms with E-state index in [1.165, 1.54) is 0 Å². The van der Waals surface area contributed by atoms with Gasteiger partial charge >= 0.3 is 0 Å². The highest BCUT2D eigenvalue weighted by Gasteiger charge is 2.03. The number of benzene rings is 1. The van der Waals surface area contributed by atoms with Crippen molar-refractivity contribution in [1.82, 2.24) is 5.32 Å². The van der Waals surface area contributed by atoms with Crippen molar-refractivity contribution in [2.45, 2.75) is 6.92 Å². The molecule has 0 saturated heterocycles. The molecule has 0 atom stereocenters. The summed E-state index contributed by atoms with van der Waals surface area (Å²) < 4.78 is 5.03. The second kappa shape index (κ2) is 6.23. The third-order valence-corrected chi connectivity index (χ3v) is 2.27. The lowest BCUT2D eigenvalue weighted by Gasteiger charge is -2.08. The Morgan fingerprint density at radius 2 is 2.25 bits per heavy atom. The number of carbonyl (C=O) groups excluding carboxylic acids is 1. The first-order valence-corrected chi connectivity index (χ1v) is 5.39. The molecule has 1 rings (SSSR count). The molecule has 0 spiro atoms. The van der Waals surface area contributed by atoms with Crippen molar-refractivity contribution in [2.75, 3.05) is 25.5 Å². The lowest BCUT2D eigenvalue weighted by atomic mass is 10.3.